The Morgan fingerprint density at radius 3 is 3.00 bits per heavy atom. The fraction of sp³-hybridized carbons (Fsp3) is 0.462. The molecule has 1 saturated heterocycles. The number of nitriles is 1. The number of benzene rings is 1. The van der Waals surface area contributed by atoms with Crippen molar-refractivity contribution in [1.82, 2.24) is 0 Å². The van der Waals surface area contributed by atoms with E-state index in [1.165, 1.54) is 0 Å². The van der Waals surface area contributed by atoms with Gasteiger partial charge in [-0.3, -0.25) is 0 Å². The summed E-state index contributed by atoms with van der Waals surface area (Å²) in [4.78, 5) is 2.16. The summed E-state index contributed by atoms with van der Waals surface area (Å²) >= 11 is 3.57. The molecule has 1 aromatic carbocycles. The van der Waals surface area contributed by atoms with Crippen LogP contribution in [0.5, 0.6) is 0 Å². The van der Waals surface area contributed by atoms with Gasteiger partial charge in [-0.15, -0.1) is 0 Å². The van der Waals surface area contributed by atoms with Gasteiger partial charge >= 0.3 is 0 Å². The molecule has 0 aliphatic carbocycles. The summed E-state index contributed by atoms with van der Waals surface area (Å²) in [7, 11) is 0. The molecule has 1 aromatic rings. The second kappa shape index (κ2) is 5.70. The normalized spacial score (nSPS) is 21.4. The highest BCUT2D eigenvalue weighted by Gasteiger charge is 2.21. The molecule has 5 heteroatoms. The fourth-order valence-electron chi connectivity index (χ4n) is 2.01. The van der Waals surface area contributed by atoms with Gasteiger partial charge in [0.25, 0.3) is 0 Å². The van der Waals surface area contributed by atoms with Gasteiger partial charge in [0.1, 0.15) is 0 Å². The predicted molar refractivity (Wildman–Crippen MR) is 74.3 cm³/mol. The molecule has 1 fully saturated rings. The molecule has 4 nitrogen and oxygen atoms in total. The third-order valence-electron chi connectivity index (χ3n) is 3.05. The third-order valence-corrected chi connectivity index (χ3v) is 3.68. The van der Waals surface area contributed by atoms with E-state index in [0.29, 0.717) is 13.2 Å². The Hall–Kier alpha value is -1.09. The van der Waals surface area contributed by atoms with Crippen LogP contribution in [0.4, 0.5) is 5.69 Å². The molecule has 0 saturated carbocycles. The van der Waals surface area contributed by atoms with Crippen LogP contribution in [0, 0.1) is 11.3 Å². The van der Waals surface area contributed by atoms with Gasteiger partial charge in [-0.25, -0.2) is 0 Å². The molecule has 2 N–H and O–H groups in total. The largest absolute Gasteiger partial charge is 0.365 e. The van der Waals surface area contributed by atoms with Gasteiger partial charge in [0.2, 0.25) is 0 Å². The van der Waals surface area contributed by atoms with E-state index in [1.807, 2.05) is 25.1 Å². The molecular formula is C13H16BrN3O. The molecule has 0 bridgehead atoms. The zero-order valence-electron chi connectivity index (χ0n) is 10.3. The van der Waals surface area contributed by atoms with Crippen molar-refractivity contribution in [1.29, 1.82) is 5.26 Å². The van der Waals surface area contributed by atoms with Gasteiger partial charge in [-0.2, -0.15) is 5.26 Å². The maximum Gasteiger partial charge on any atom is 0.161 e. The number of hydrogen-bond acceptors (Lipinski definition) is 4. The first-order valence-corrected chi connectivity index (χ1v) is 6.72. The molecule has 0 aromatic heterocycles. The predicted octanol–water partition coefficient (Wildman–Crippen LogP) is 2.20. The second-order valence-electron chi connectivity index (χ2n) is 4.43. The van der Waals surface area contributed by atoms with Crippen LogP contribution in [-0.2, 0) is 4.74 Å². The van der Waals surface area contributed by atoms with Crippen molar-refractivity contribution in [2.24, 2.45) is 5.73 Å². The quantitative estimate of drug-likeness (QED) is 0.909. The maximum atomic E-state index is 8.91. The van der Waals surface area contributed by atoms with Gasteiger partial charge in [0.15, 0.2) is 6.10 Å². The summed E-state index contributed by atoms with van der Waals surface area (Å²) in [5, 5.41) is 8.91. The third kappa shape index (κ3) is 2.83. The molecule has 2 atom stereocenters. The Balaban J connectivity index is 2.21. The average molecular weight is 310 g/mol. The van der Waals surface area contributed by atoms with Crippen LogP contribution in [0.2, 0.25) is 0 Å². The monoisotopic (exact) mass is 309 g/mol. The van der Waals surface area contributed by atoms with Gasteiger partial charge in [0, 0.05) is 17.1 Å². The zero-order chi connectivity index (χ0) is 13.1. The number of rotatable bonds is 2. The first kappa shape index (κ1) is 13.3. The summed E-state index contributed by atoms with van der Waals surface area (Å²) in [6.07, 6.45) is -0.348. The summed E-state index contributed by atoms with van der Waals surface area (Å²) in [6.45, 7) is 3.95. The first-order chi connectivity index (χ1) is 8.61. The second-order valence-corrected chi connectivity index (χ2v) is 5.29. The van der Waals surface area contributed by atoms with Gasteiger partial charge in [0.05, 0.1) is 24.9 Å². The Morgan fingerprint density at radius 1 is 1.61 bits per heavy atom. The van der Waals surface area contributed by atoms with Crippen molar-refractivity contribution in [2.75, 3.05) is 24.6 Å². The van der Waals surface area contributed by atoms with Crippen molar-refractivity contribution in [3.63, 3.8) is 0 Å². The lowest BCUT2D eigenvalue weighted by atomic mass is 10.1. The van der Waals surface area contributed by atoms with E-state index in [2.05, 4.69) is 26.9 Å². The van der Waals surface area contributed by atoms with E-state index in [0.717, 1.165) is 22.3 Å². The number of nitrogens with zero attached hydrogens (tertiary/aromatic N) is 2. The molecular weight excluding hydrogens is 294 g/mol. The van der Waals surface area contributed by atoms with Crippen LogP contribution in [0.1, 0.15) is 18.5 Å². The molecule has 1 aliphatic rings. The van der Waals surface area contributed by atoms with Crippen molar-refractivity contribution in [3.05, 3.63) is 28.2 Å². The minimum atomic E-state index is -0.348. The van der Waals surface area contributed by atoms with Crippen LogP contribution in [0.3, 0.4) is 0 Å². The lowest BCUT2D eigenvalue weighted by Crippen LogP contribution is -2.42. The van der Waals surface area contributed by atoms with E-state index in [1.54, 1.807) is 0 Å². The van der Waals surface area contributed by atoms with E-state index in [-0.39, 0.29) is 12.1 Å². The molecule has 0 radical (unpaired) electrons. The molecule has 1 heterocycles. The number of halogens is 1. The van der Waals surface area contributed by atoms with Crippen LogP contribution in [-0.4, -0.2) is 25.8 Å². The molecule has 18 heavy (non-hydrogen) atoms. The number of anilines is 1. The number of morpholine rings is 1. The molecule has 96 valence electrons. The number of hydrogen-bond donors (Lipinski definition) is 1. The number of nitrogens with two attached hydrogens (primary N) is 1. The van der Waals surface area contributed by atoms with Crippen LogP contribution >= 0.6 is 15.9 Å². The summed E-state index contributed by atoms with van der Waals surface area (Å²) < 4.78 is 6.35. The highest BCUT2D eigenvalue weighted by molar-refractivity contribution is 9.10. The van der Waals surface area contributed by atoms with E-state index < -0.39 is 0 Å². The Bertz CT molecular complexity index is 470. The van der Waals surface area contributed by atoms with Gasteiger partial charge < -0.3 is 15.4 Å². The van der Waals surface area contributed by atoms with Crippen molar-refractivity contribution in [2.45, 2.75) is 19.1 Å². The Morgan fingerprint density at radius 2 is 2.39 bits per heavy atom. The van der Waals surface area contributed by atoms with Crippen LogP contribution < -0.4 is 10.6 Å². The van der Waals surface area contributed by atoms with Gasteiger partial charge in [-0.1, -0.05) is 6.07 Å². The average Bonchev–Trinajstić information content (AvgIpc) is 2.38. The minimum Gasteiger partial charge on any atom is -0.365 e. The highest BCUT2D eigenvalue weighted by Crippen LogP contribution is 2.30. The summed E-state index contributed by atoms with van der Waals surface area (Å²) in [5.74, 6) is 0. The topological polar surface area (TPSA) is 62.3 Å². The SMILES string of the molecule is C[C@H](N)c1ccc(N2CCOC(C#N)C2)c(Br)c1. The Kier molecular flexibility index (Phi) is 4.23. The van der Waals surface area contributed by atoms with Crippen molar-refractivity contribution >= 4 is 21.6 Å². The number of ether oxygens (including phenoxy) is 1. The molecule has 2 rings (SSSR count). The minimum absolute atomic E-state index is 0.0203. The first-order valence-electron chi connectivity index (χ1n) is 5.93. The highest BCUT2D eigenvalue weighted by atomic mass is 79.9. The zero-order valence-corrected chi connectivity index (χ0v) is 11.9. The lowest BCUT2D eigenvalue weighted by molar-refractivity contribution is 0.0764. The summed E-state index contributed by atoms with van der Waals surface area (Å²) in [5.41, 5.74) is 8.04. The van der Waals surface area contributed by atoms with Crippen LogP contribution in [0.25, 0.3) is 0 Å². The molecule has 0 amide bonds. The molecule has 1 aliphatic heterocycles. The van der Waals surface area contributed by atoms with E-state index in [9.17, 15) is 0 Å². The fourth-order valence-corrected chi connectivity index (χ4v) is 2.66. The summed E-state index contributed by atoms with van der Waals surface area (Å²) in [6, 6.07) is 8.29. The van der Waals surface area contributed by atoms with Crippen LogP contribution in [0.15, 0.2) is 22.7 Å². The maximum absolute atomic E-state index is 8.91. The smallest absolute Gasteiger partial charge is 0.161 e. The van der Waals surface area contributed by atoms with E-state index in [4.69, 9.17) is 15.7 Å². The lowest BCUT2D eigenvalue weighted by Gasteiger charge is -2.32. The van der Waals surface area contributed by atoms with E-state index >= 15 is 0 Å². The van der Waals surface area contributed by atoms with Crippen molar-refractivity contribution < 1.29 is 4.74 Å². The standard InChI is InChI=1S/C13H16BrN3O/c1-9(16)10-2-3-13(12(14)6-10)17-4-5-18-11(7-15)8-17/h2-3,6,9,11H,4-5,8,16H2,1H3/t9-,11?/m0/s1. The molecule has 0 spiro atoms. The van der Waals surface area contributed by atoms with Crippen molar-refractivity contribution in [3.8, 4) is 6.07 Å². The van der Waals surface area contributed by atoms with Gasteiger partial charge in [-0.05, 0) is 40.5 Å². The molecule has 1 unspecified atom stereocenters. The Labute approximate surface area is 115 Å².